The Labute approximate surface area is 91.4 Å². The van der Waals surface area contributed by atoms with Gasteiger partial charge in [0.1, 0.15) is 5.60 Å². The lowest BCUT2D eigenvalue weighted by Gasteiger charge is -2.36. The standard InChI is InChI=1S/C13H19NO/c1-12(2,3)10-5-6-11(14-9-10)13(15)7-4-8-13/h5-6,9,15H,4,7-8H2,1-3H3. The summed E-state index contributed by atoms with van der Waals surface area (Å²) in [6.45, 7) is 6.51. The second-order valence-electron chi connectivity index (χ2n) is 5.57. The van der Waals surface area contributed by atoms with Gasteiger partial charge in [0.15, 0.2) is 0 Å². The van der Waals surface area contributed by atoms with Crippen LogP contribution in [0.2, 0.25) is 0 Å². The maximum absolute atomic E-state index is 10.1. The molecule has 1 aliphatic carbocycles. The Kier molecular flexibility index (Phi) is 2.34. The van der Waals surface area contributed by atoms with Crippen LogP contribution in [0.3, 0.4) is 0 Å². The van der Waals surface area contributed by atoms with Gasteiger partial charge >= 0.3 is 0 Å². The molecule has 0 saturated heterocycles. The highest BCUT2D eigenvalue weighted by molar-refractivity contribution is 5.24. The van der Waals surface area contributed by atoms with Crippen molar-refractivity contribution in [2.75, 3.05) is 0 Å². The van der Waals surface area contributed by atoms with Crippen molar-refractivity contribution in [1.29, 1.82) is 0 Å². The normalized spacial score (nSPS) is 19.7. The largest absolute Gasteiger partial charge is 0.384 e. The molecule has 2 nitrogen and oxygen atoms in total. The van der Waals surface area contributed by atoms with Crippen LogP contribution in [0.25, 0.3) is 0 Å². The Morgan fingerprint density at radius 1 is 1.27 bits per heavy atom. The van der Waals surface area contributed by atoms with E-state index in [-0.39, 0.29) is 5.41 Å². The van der Waals surface area contributed by atoms with Gasteiger partial charge in [0, 0.05) is 6.20 Å². The Balaban J connectivity index is 2.24. The van der Waals surface area contributed by atoms with Gasteiger partial charge in [-0.05, 0) is 36.3 Å². The molecule has 1 fully saturated rings. The van der Waals surface area contributed by atoms with Gasteiger partial charge in [-0.2, -0.15) is 0 Å². The number of nitrogens with zero attached hydrogens (tertiary/aromatic N) is 1. The minimum atomic E-state index is -0.629. The number of rotatable bonds is 1. The van der Waals surface area contributed by atoms with Gasteiger partial charge in [-0.15, -0.1) is 0 Å². The molecule has 1 aromatic heterocycles. The first-order chi connectivity index (χ1) is 6.92. The van der Waals surface area contributed by atoms with Crippen molar-refractivity contribution in [3.05, 3.63) is 29.6 Å². The number of hydrogen-bond donors (Lipinski definition) is 1. The molecular weight excluding hydrogens is 186 g/mol. The molecule has 0 amide bonds. The van der Waals surface area contributed by atoms with E-state index >= 15 is 0 Å². The summed E-state index contributed by atoms with van der Waals surface area (Å²) in [4.78, 5) is 4.39. The SMILES string of the molecule is CC(C)(C)c1ccc(C2(O)CCC2)nc1. The van der Waals surface area contributed by atoms with Crippen LogP contribution in [0.1, 0.15) is 51.3 Å². The van der Waals surface area contributed by atoms with Crippen LogP contribution < -0.4 is 0 Å². The Morgan fingerprint density at radius 2 is 1.93 bits per heavy atom. The summed E-state index contributed by atoms with van der Waals surface area (Å²) in [6.07, 6.45) is 4.72. The highest BCUT2D eigenvalue weighted by Gasteiger charge is 2.37. The van der Waals surface area contributed by atoms with Crippen LogP contribution in [0.4, 0.5) is 0 Å². The predicted octanol–water partition coefficient (Wildman–Crippen LogP) is 2.75. The summed E-state index contributed by atoms with van der Waals surface area (Å²) in [7, 11) is 0. The maximum Gasteiger partial charge on any atom is 0.106 e. The third-order valence-electron chi connectivity index (χ3n) is 3.29. The van der Waals surface area contributed by atoms with E-state index in [0.717, 1.165) is 25.0 Å². The van der Waals surface area contributed by atoms with E-state index < -0.39 is 5.60 Å². The van der Waals surface area contributed by atoms with Crippen LogP contribution in [-0.2, 0) is 11.0 Å². The molecule has 0 bridgehead atoms. The van der Waals surface area contributed by atoms with Gasteiger partial charge in [0.25, 0.3) is 0 Å². The quantitative estimate of drug-likeness (QED) is 0.764. The van der Waals surface area contributed by atoms with E-state index in [2.05, 4.69) is 31.8 Å². The molecule has 2 rings (SSSR count). The molecule has 1 aromatic rings. The van der Waals surface area contributed by atoms with Crippen LogP contribution in [0.15, 0.2) is 18.3 Å². The third-order valence-corrected chi connectivity index (χ3v) is 3.29. The molecule has 1 saturated carbocycles. The molecule has 0 radical (unpaired) electrons. The number of pyridine rings is 1. The molecule has 1 N–H and O–H groups in total. The van der Waals surface area contributed by atoms with Crippen LogP contribution in [0.5, 0.6) is 0 Å². The summed E-state index contributed by atoms with van der Waals surface area (Å²) in [5.74, 6) is 0. The summed E-state index contributed by atoms with van der Waals surface area (Å²) in [6, 6.07) is 4.05. The van der Waals surface area contributed by atoms with Gasteiger partial charge in [0.05, 0.1) is 5.69 Å². The highest BCUT2D eigenvalue weighted by Crippen LogP contribution is 2.40. The molecule has 0 aliphatic heterocycles. The Hall–Kier alpha value is -0.890. The zero-order valence-corrected chi connectivity index (χ0v) is 9.75. The first kappa shape index (κ1) is 10.6. The third kappa shape index (κ3) is 1.91. The van der Waals surface area contributed by atoms with Crippen molar-refractivity contribution >= 4 is 0 Å². The molecule has 15 heavy (non-hydrogen) atoms. The molecule has 1 heterocycles. The van der Waals surface area contributed by atoms with Gasteiger partial charge in [-0.25, -0.2) is 0 Å². The van der Waals surface area contributed by atoms with E-state index in [4.69, 9.17) is 0 Å². The summed E-state index contributed by atoms with van der Waals surface area (Å²) in [5.41, 5.74) is 1.56. The van der Waals surface area contributed by atoms with Gasteiger partial charge in [-0.1, -0.05) is 26.8 Å². The molecule has 0 aromatic carbocycles. The molecule has 0 spiro atoms. The first-order valence-electron chi connectivity index (χ1n) is 5.61. The summed E-state index contributed by atoms with van der Waals surface area (Å²) < 4.78 is 0. The van der Waals surface area contributed by atoms with E-state index in [1.165, 1.54) is 5.56 Å². The second kappa shape index (κ2) is 3.31. The van der Waals surface area contributed by atoms with Crippen LogP contribution in [-0.4, -0.2) is 10.1 Å². The van der Waals surface area contributed by atoms with Crippen molar-refractivity contribution < 1.29 is 5.11 Å². The lowest BCUT2D eigenvalue weighted by molar-refractivity contribution is -0.0426. The Morgan fingerprint density at radius 3 is 2.27 bits per heavy atom. The fourth-order valence-electron chi connectivity index (χ4n) is 1.88. The minimum Gasteiger partial charge on any atom is -0.384 e. The predicted molar refractivity (Wildman–Crippen MR) is 60.7 cm³/mol. The van der Waals surface area contributed by atoms with Gasteiger partial charge in [0.2, 0.25) is 0 Å². The molecule has 0 unspecified atom stereocenters. The van der Waals surface area contributed by atoms with Gasteiger partial charge in [-0.3, -0.25) is 4.98 Å². The topological polar surface area (TPSA) is 33.1 Å². The van der Waals surface area contributed by atoms with Crippen molar-refractivity contribution in [2.24, 2.45) is 0 Å². The molecule has 1 aliphatic rings. The number of aromatic nitrogens is 1. The number of aliphatic hydroxyl groups is 1. The number of hydrogen-bond acceptors (Lipinski definition) is 2. The van der Waals surface area contributed by atoms with Gasteiger partial charge < -0.3 is 5.11 Å². The summed E-state index contributed by atoms with van der Waals surface area (Å²) >= 11 is 0. The minimum absolute atomic E-state index is 0.133. The fourth-order valence-corrected chi connectivity index (χ4v) is 1.88. The van der Waals surface area contributed by atoms with Crippen LogP contribution in [0, 0.1) is 0 Å². The van der Waals surface area contributed by atoms with Crippen molar-refractivity contribution in [2.45, 2.75) is 51.0 Å². The van der Waals surface area contributed by atoms with E-state index in [1.807, 2.05) is 12.3 Å². The lowest BCUT2D eigenvalue weighted by atomic mass is 9.77. The van der Waals surface area contributed by atoms with E-state index in [1.54, 1.807) is 0 Å². The monoisotopic (exact) mass is 205 g/mol. The zero-order valence-electron chi connectivity index (χ0n) is 9.75. The second-order valence-corrected chi connectivity index (χ2v) is 5.57. The van der Waals surface area contributed by atoms with Crippen LogP contribution >= 0.6 is 0 Å². The maximum atomic E-state index is 10.1. The summed E-state index contributed by atoms with van der Waals surface area (Å²) in [5, 5.41) is 10.1. The average Bonchev–Trinajstić information content (AvgIpc) is 2.13. The van der Waals surface area contributed by atoms with E-state index in [0.29, 0.717) is 0 Å². The van der Waals surface area contributed by atoms with Crippen molar-refractivity contribution in [3.8, 4) is 0 Å². The van der Waals surface area contributed by atoms with Crippen molar-refractivity contribution in [3.63, 3.8) is 0 Å². The average molecular weight is 205 g/mol. The molecular formula is C13H19NO. The highest BCUT2D eigenvalue weighted by atomic mass is 16.3. The smallest absolute Gasteiger partial charge is 0.106 e. The zero-order chi connectivity index (χ0) is 11.1. The van der Waals surface area contributed by atoms with Crippen molar-refractivity contribution in [1.82, 2.24) is 4.98 Å². The molecule has 82 valence electrons. The lowest BCUT2D eigenvalue weighted by Crippen LogP contribution is -2.34. The fraction of sp³-hybridized carbons (Fsp3) is 0.615. The van der Waals surface area contributed by atoms with E-state index in [9.17, 15) is 5.11 Å². The Bertz CT molecular complexity index is 344. The first-order valence-corrected chi connectivity index (χ1v) is 5.61. The molecule has 2 heteroatoms. The molecule has 0 atom stereocenters.